The number of ketones is 1. The van der Waals surface area contributed by atoms with E-state index in [4.69, 9.17) is 9.47 Å². The zero-order valence-corrected chi connectivity index (χ0v) is 15.9. The second-order valence-corrected chi connectivity index (χ2v) is 5.69. The van der Waals surface area contributed by atoms with Gasteiger partial charge in [0.1, 0.15) is 23.1 Å². The predicted octanol–water partition coefficient (Wildman–Crippen LogP) is 5.43. The molecule has 1 aliphatic rings. The van der Waals surface area contributed by atoms with E-state index in [0.29, 0.717) is 29.3 Å². The van der Waals surface area contributed by atoms with Crippen LogP contribution in [0, 0.1) is 0 Å². The van der Waals surface area contributed by atoms with Gasteiger partial charge in [0, 0.05) is 12.5 Å². The molecule has 5 heteroatoms. The third-order valence-corrected chi connectivity index (χ3v) is 3.78. The van der Waals surface area contributed by atoms with E-state index < -0.39 is 5.83 Å². The first-order valence-electron chi connectivity index (χ1n) is 7.52. The molecule has 0 saturated carbocycles. The third-order valence-electron chi connectivity index (χ3n) is 3.27. The van der Waals surface area contributed by atoms with Gasteiger partial charge in [-0.05, 0) is 44.6 Å². The summed E-state index contributed by atoms with van der Waals surface area (Å²) in [4.78, 5) is 11.8. The second kappa shape index (κ2) is 10.1. The Labute approximate surface area is 151 Å². The van der Waals surface area contributed by atoms with E-state index in [1.165, 1.54) is 6.08 Å². The molecule has 0 unspecified atom stereocenters. The van der Waals surface area contributed by atoms with Crippen molar-refractivity contribution in [1.29, 1.82) is 0 Å². The summed E-state index contributed by atoms with van der Waals surface area (Å²) >= 11 is 3.08. The number of hydrogen-bond donors (Lipinski definition) is 0. The van der Waals surface area contributed by atoms with E-state index in [9.17, 15) is 9.18 Å². The number of allylic oxidation sites excluding steroid dienone is 10. The Balaban J connectivity index is 3.00. The molecule has 130 valence electrons. The Kier molecular flexibility index (Phi) is 8.47. The Morgan fingerprint density at radius 2 is 2.12 bits per heavy atom. The summed E-state index contributed by atoms with van der Waals surface area (Å²) in [5, 5.41) is 0.0828. The van der Waals surface area contributed by atoms with Crippen LogP contribution in [0.2, 0.25) is 0 Å². The van der Waals surface area contributed by atoms with Crippen LogP contribution in [-0.2, 0) is 14.3 Å². The van der Waals surface area contributed by atoms with Crippen LogP contribution in [0.1, 0.15) is 27.2 Å². The number of rotatable bonds is 7. The summed E-state index contributed by atoms with van der Waals surface area (Å²) in [5.41, 5.74) is 0.713. The molecular weight excluding hydrogens is 375 g/mol. The largest absolute Gasteiger partial charge is 0.497 e. The SMILES string of the molecule is C\C=C/C(=C\C=C(/C)OC1=CC(F)=C(C(=O)CBr)C(C)=CC1)OC. The van der Waals surface area contributed by atoms with E-state index in [1.54, 1.807) is 39.2 Å². The molecule has 0 N–H and O–H groups in total. The fourth-order valence-electron chi connectivity index (χ4n) is 2.10. The van der Waals surface area contributed by atoms with Crippen molar-refractivity contribution < 1.29 is 18.7 Å². The van der Waals surface area contributed by atoms with E-state index in [0.717, 1.165) is 0 Å². The number of alkyl halides is 1. The number of ether oxygens (including phenoxy) is 2. The molecule has 0 aliphatic heterocycles. The number of hydrogen-bond acceptors (Lipinski definition) is 3. The minimum Gasteiger partial charge on any atom is -0.497 e. The van der Waals surface area contributed by atoms with Crippen molar-refractivity contribution in [2.45, 2.75) is 27.2 Å². The van der Waals surface area contributed by atoms with E-state index in [-0.39, 0.29) is 16.7 Å². The summed E-state index contributed by atoms with van der Waals surface area (Å²) in [6.45, 7) is 5.39. The Morgan fingerprint density at radius 1 is 1.42 bits per heavy atom. The van der Waals surface area contributed by atoms with Crippen molar-refractivity contribution in [3.8, 4) is 0 Å². The fraction of sp³-hybridized carbons (Fsp3) is 0.316. The second-order valence-electron chi connectivity index (χ2n) is 5.13. The molecule has 0 heterocycles. The van der Waals surface area contributed by atoms with Gasteiger partial charge in [0.15, 0.2) is 5.78 Å². The number of methoxy groups -OCH3 is 1. The van der Waals surface area contributed by atoms with E-state index >= 15 is 0 Å². The highest BCUT2D eigenvalue weighted by molar-refractivity contribution is 9.09. The normalized spacial score (nSPS) is 16.8. The minimum atomic E-state index is -0.574. The topological polar surface area (TPSA) is 35.5 Å². The number of carbonyl (C=O) groups is 1. The van der Waals surface area contributed by atoms with Crippen LogP contribution in [-0.4, -0.2) is 18.2 Å². The summed E-state index contributed by atoms with van der Waals surface area (Å²) in [6, 6.07) is 0. The van der Waals surface area contributed by atoms with Gasteiger partial charge in [-0.2, -0.15) is 0 Å². The van der Waals surface area contributed by atoms with Gasteiger partial charge in [-0.3, -0.25) is 4.79 Å². The van der Waals surface area contributed by atoms with Crippen LogP contribution in [0.3, 0.4) is 0 Å². The van der Waals surface area contributed by atoms with E-state index in [2.05, 4.69) is 15.9 Å². The van der Waals surface area contributed by atoms with Crippen LogP contribution in [0.5, 0.6) is 0 Å². The molecule has 0 aromatic rings. The molecule has 1 aliphatic carbocycles. The highest BCUT2D eigenvalue weighted by Gasteiger charge is 2.19. The third kappa shape index (κ3) is 5.96. The van der Waals surface area contributed by atoms with Gasteiger partial charge in [0.2, 0.25) is 0 Å². The molecule has 0 aromatic carbocycles. The maximum Gasteiger partial charge on any atom is 0.176 e. The number of halogens is 2. The van der Waals surface area contributed by atoms with Crippen molar-refractivity contribution in [3.63, 3.8) is 0 Å². The minimum absolute atomic E-state index is 0.0828. The highest BCUT2D eigenvalue weighted by atomic mass is 79.9. The summed E-state index contributed by atoms with van der Waals surface area (Å²) in [7, 11) is 1.58. The molecule has 0 atom stereocenters. The lowest BCUT2D eigenvalue weighted by Crippen LogP contribution is -2.06. The van der Waals surface area contributed by atoms with E-state index in [1.807, 2.05) is 19.1 Å². The van der Waals surface area contributed by atoms with Gasteiger partial charge < -0.3 is 9.47 Å². The molecule has 0 radical (unpaired) electrons. The van der Waals surface area contributed by atoms with Gasteiger partial charge in [0.25, 0.3) is 0 Å². The van der Waals surface area contributed by atoms with Crippen LogP contribution < -0.4 is 0 Å². The smallest absolute Gasteiger partial charge is 0.176 e. The number of Topliss-reactive ketones (excluding diaryl/α,β-unsaturated/α-hetero) is 1. The van der Waals surface area contributed by atoms with Crippen molar-refractivity contribution in [2.24, 2.45) is 0 Å². The zero-order valence-electron chi connectivity index (χ0n) is 14.4. The highest BCUT2D eigenvalue weighted by Crippen LogP contribution is 2.27. The molecule has 0 amide bonds. The molecule has 24 heavy (non-hydrogen) atoms. The lowest BCUT2D eigenvalue weighted by Gasteiger charge is -2.07. The Hall–Kier alpha value is -1.88. The lowest BCUT2D eigenvalue weighted by atomic mass is 10.0. The number of carbonyl (C=O) groups excluding carboxylic acids is 1. The maximum absolute atomic E-state index is 14.3. The first-order valence-corrected chi connectivity index (χ1v) is 8.64. The zero-order chi connectivity index (χ0) is 18.1. The first kappa shape index (κ1) is 20.2. The van der Waals surface area contributed by atoms with Gasteiger partial charge in [-0.1, -0.05) is 28.1 Å². The molecule has 1 rings (SSSR count). The van der Waals surface area contributed by atoms with Crippen LogP contribution in [0.25, 0.3) is 0 Å². The quantitative estimate of drug-likeness (QED) is 0.326. The Morgan fingerprint density at radius 3 is 2.71 bits per heavy atom. The summed E-state index contributed by atoms with van der Waals surface area (Å²) in [5.74, 6) is 0.855. The van der Waals surface area contributed by atoms with Gasteiger partial charge in [-0.25, -0.2) is 4.39 Å². The molecule has 0 spiro atoms. The standard InChI is InChI=1S/C19H22BrFO3/c1-5-6-15(23-4)10-8-14(3)24-16-9-7-13(2)19(17(21)11-16)18(22)12-20/h5-8,10-11H,9,12H2,1-4H3/b6-5-,14-8+,15-10+. The molecule has 0 bridgehead atoms. The monoisotopic (exact) mass is 396 g/mol. The Bertz CT molecular complexity index is 664. The predicted molar refractivity (Wildman–Crippen MR) is 98.1 cm³/mol. The van der Waals surface area contributed by atoms with Gasteiger partial charge in [0.05, 0.1) is 18.0 Å². The van der Waals surface area contributed by atoms with Crippen molar-refractivity contribution in [2.75, 3.05) is 12.4 Å². The van der Waals surface area contributed by atoms with Crippen LogP contribution in [0.4, 0.5) is 4.39 Å². The lowest BCUT2D eigenvalue weighted by molar-refractivity contribution is -0.113. The average Bonchev–Trinajstić information content (AvgIpc) is 2.69. The molecule has 0 saturated heterocycles. The van der Waals surface area contributed by atoms with Gasteiger partial charge in [-0.15, -0.1) is 0 Å². The molecular formula is C19H22BrFO3. The summed E-state index contributed by atoms with van der Waals surface area (Å²) < 4.78 is 25.2. The average molecular weight is 397 g/mol. The fourth-order valence-corrected chi connectivity index (χ4v) is 2.38. The molecule has 0 fully saturated rings. The van der Waals surface area contributed by atoms with Crippen molar-refractivity contribution in [3.05, 3.63) is 70.7 Å². The molecule has 3 nitrogen and oxygen atoms in total. The van der Waals surface area contributed by atoms with Gasteiger partial charge >= 0.3 is 0 Å². The first-order chi connectivity index (χ1) is 11.4. The van der Waals surface area contributed by atoms with Crippen LogP contribution >= 0.6 is 15.9 Å². The van der Waals surface area contributed by atoms with Crippen molar-refractivity contribution in [1.82, 2.24) is 0 Å². The molecule has 0 aromatic heterocycles. The van der Waals surface area contributed by atoms with Crippen molar-refractivity contribution >= 4 is 21.7 Å². The maximum atomic E-state index is 14.3. The van der Waals surface area contributed by atoms with Crippen LogP contribution in [0.15, 0.2) is 70.7 Å². The summed E-state index contributed by atoms with van der Waals surface area (Å²) in [6.07, 6.45) is 10.7.